The fourth-order valence-corrected chi connectivity index (χ4v) is 5.67. The number of nitrogens with zero attached hydrogens (tertiary/aromatic N) is 4. The van der Waals surface area contributed by atoms with Gasteiger partial charge in [0.2, 0.25) is 0 Å². The average molecular weight is 439 g/mol. The number of ether oxygens (including phenoxy) is 1. The third-order valence-corrected chi connectivity index (χ3v) is 7.28. The summed E-state index contributed by atoms with van der Waals surface area (Å²) in [6.45, 7) is 3.63. The van der Waals surface area contributed by atoms with Crippen molar-refractivity contribution < 1.29 is 14.3 Å². The quantitative estimate of drug-likeness (QED) is 0.585. The number of piperidine rings is 2. The molecule has 1 amide bonds. The van der Waals surface area contributed by atoms with Crippen molar-refractivity contribution >= 4 is 28.2 Å². The molecule has 3 aromatic rings. The lowest BCUT2D eigenvalue weighted by Crippen LogP contribution is -2.55. The van der Waals surface area contributed by atoms with Crippen LogP contribution < -0.4 is 0 Å². The molecule has 0 spiro atoms. The number of rotatable bonds is 4. The Balaban J connectivity index is 1.24. The number of fused-ring (bicyclic) bond motifs is 2. The molecular formula is C23H26N4O3S. The first-order valence-electron chi connectivity index (χ1n) is 10.7. The predicted molar refractivity (Wildman–Crippen MR) is 118 cm³/mol. The van der Waals surface area contributed by atoms with E-state index in [2.05, 4.69) is 14.8 Å². The Morgan fingerprint density at radius 2 is 2.03 bits per heavy atom. The number of benzene rings is 1. The van der Waals surface area contributed by atoms with Gasteiger partial charge in [-0.05, 0) is 42.9 Å². The van der Waals surface area contributed by atoms with Crippen LogP contribution in [0.1, 0.15) is 45.7 Å². The second kappa shape index (κ2) is 8.43. The van der Waals surface area contributed by atoms with Crippen LogP contribution in [0.5, 0.6) is 0 Å². The number of aromatic nitrogens is 2. The van der Waals surface area contributed by atoms with Crippen molar-refractivity contribution in [2.45, 2.75) is 31.8 Å². The molecule has 2 atom stereocenters. The molecule has 2 aliphatic heterocycles. The zero-order valence-corrected chi connectivity index (χ0v) is 18.4. The number of hydrogen-bond acceptors (Lipinski definition) is 6. The van der Waals surface area contributed by atoms with E-state index in [4.69, 9.17) is 4.74 Å². The molecule has 0 aliphatic carbocycles. The first-order valence-corrected chi connectivity index (χ1v) is 11.6. The van der Waals surface area contributed by atoms with Crippen molar-refractivity contribution in [1.29, 1.82) is 0 Å². The smallest absolute Gasteiger partial charge is 0.337 e. The van der Waals surface area contributed by atoms with Gasteiger partial charge in [0.05, 0.1) is 12.7 Å². The molecule has 7 nitrogen and oxygen atoms in total. The Labute approximate surface area is 185 Å². The van der Waals surface area contributed by atoms with Gasteiger partial charge in [-0.25, -0.2) is 9.78 Å². The van der Waals surface area contributed by atoms with Crippen LogP contribution in [0.3, 0.4) is 0 Å². The lowest BCUT2D eigenvalue weighted by Gasteiger charge is -2.47. The molecule has 5 rings (SSSR count). The maximum atomic E-state index is 13.2. The van der Waals surface area contributed by atoms with Crippen LogP contribution in [0.2, 0.25) is 0 Å². The molecule has 2 aromatic heterocycles. The topological polar surface area (TPSA) is 67.2 Å². The third-order valence-electron chi connectivity index (χ3n) is 6.51. The van der Waals surface area contributed by atoms with E-state index in [1.807, 2.05) is 46.4 Å². The van der Waals surface area contributed by atoms with Gasteiger partial charge in [-0.15, -0.1) is 11.3 Å². The molecule has 1 aromatic carbocycles. The van der Waals surface area contributed by atoms with Crippen molar-refractivity contribution in [3.63, 3.8) is 0 Å². The van der Waals surface area contributed by atoms with Gasteiger partial charge in [0.1, 0.15) is 5.69 Å². The summed E-state index contributed by atoms with van der Waals surface area (Å²) in [6.07, 6.45) is 6.98. The third kappa shape index (κ3) is 3.97. The molecule has 4 heterocycles. The minimum atomic E-state index is -0.308. The standard InChI is InChI=1S/C23H26N4O3S/c1-30-22(29)17-6-4-16(5-7-17)13-25-10-8-20-18(14-25)3-2-9-27(20)21(28)19-15-26-11-12-31-23(26)24-19/h4-7,11-12,15,18,20H,2-3,8-10,13-14H2,1H3/t18-,20+/m0/s1. The van der Waals surface area contributed by atoms with Crippen LogP contribution in [0.4, 0.5) is 0 Å². The molecule has 2 saturated heterocycles. The maximum absolute atomic E-state index is 13.2. The fourth-order valence-electron chi connectivity index (χ4n) is 4.97. The van der Waals surface area contributed by atoms with Crippen LogP contribution in [-0.2, 0) is 11.3 Å². The molecule has 2 aliphatic rings. The highest BCUT2D eigenvalue weighted by Crippen LogP contribution is 2.32. The summed E-state index contributed by atoms with van der Waals surface area (Å²) in [6, 6.07) is 7.94. The van der Waals surface area contributed by atoms with Crippen LogP contribution >= 0.6 is 11.3 Å². The number of carbonyl (C=O) groups is 2. The normalized spacial score (nSPS) is 21.8. The van der Waals surface area contributed by atoms with E-state index >= 15 is 0 Å². The highest BCUT2D eigenvalue weighted by molar-refractivity contribution is 7.15. The van der Waals surface area contributed by atoms with Gasteiger partial charge < -0.3 is 9.64 Å². The number of likely N-dealkylation sites (tertiary alicyclic amines) is 2. The number of carbonyl (C=O) groups excluding carboxylic acids is 2. The number of methoxy groups -OCH3 is 1. The monoisotopic (exact) mass is 438 g/mol. The summed E-state index contributed by atoms with van der Waals surface area (Å²) < 4.78 is 6.70. The molecule has 162 valence electrons. The Hall–Kier alpha value is -2.71. The van der Waals surface area contributed by atoms with E-state index in [0.717, 1.165) is 50.4 Å². The first-order chi connectivity index (χ1) is 15.1. The second-order valence-electron chi connectivity index (χ2n) is 8.40. The predicted octanol–water partition coefficient (Wildman–Crippen LogP) is 3.31. The van der Waals surface area contributed by atoms with Gasteiger partial charge in [-0.2, -0.15) is 0 Å². The SMILES string of the molecule is COC(=O)c1ccc(CN2CC[C@@H]3[C@@H](CCCN3C(=O)c3cn4ccsc4n3)C2)cc1. The van der Waals surface area contributed by atoms with Crippen molar-refractivity contribution in [2.75, 3.05) is 26.7 Å². The Morgan fingerprint density at radius 3 is 2.81 bits per heavy atom. The number of amides is 1. The number of imidazole rings is 1. The zero-order valence-electron chi connectivity index (χ0n) is 17.6. The van der Waals surface area contributed by atoms with Crippen molar-refractivity contribution in [3.05, 3.63) is 58.9 Å². The summed E-state index contributed by atoms with van der Waals surface area (Å²) in [5.41, 5.74) is 2.32. The second-order valence-corrected chi connectivity index (χ2v) is 9.27. The number of thiazole rings is 1. The summed E-state index contributed by atoms with van der Waals surface area (Å²) in [5.74, 6) is 0.249. The molecule has 8 heteroatoms. The van der Waals surface area contributed by atoms with Gasteiger partial charge in [0.15, 0.2) is 4.96 Å². The van der Waals surface area contributed by atoms with E-state index in [-0.39, 0.29) is 11.9 Å². The van der Waals surface area contributed by atoms with Crippen molar-refractivity contribution in [2.24, 2.45) is 5.92 Å². The fraction of sp³-hybridized carbons (Fsp3) is 0.435. The van der Waals surface area contributed by atoms with Crippen LogP contribution in [0, 0.1) is 5.92 Å². The minimum Gasteiger partial charge on any atom is -0.465 e. The highest BCUT2D eigenvalue weighted by Gasteiger charge is 2.38. The Kier molecular flexibility index (Phi) is 5.50. The van der Waals surface area contributed by atoms with Gasteiger partial charge in [0, 0.05) is 50.0 Å². The van der Waals surface area contributed by atoms with E-state index in [9.17, 15) is 9.59 Å². The summed E-state index contributed by atoms with van der Waals surface area (Å²) in [7, 11) is 1.40. The molecule has 0 N–H and O–H groups in total. The molecule has 0 unspecified atom stereocenters. The molecule has 2 fully saturated rings. The van der Waals surface area contributed by atoms with E-state index in [1.165, 1.54) is 12.7 Å². The lowest BCUT2D eigenvalue weighted by atomic mass is 9.83. The average Bonchev–Trinajstić information content (AvgIpc) is 3.40. The number of hydrogen-bond donors (Lipinski definition) is 0. The van der Waals surface area contributed by atoms with Crippen LogP contribution in [0.15, 0.2) is 42.0 Å². The molecule has 31 heavy (non-hydrogen) atoms. The zero-order chi connectivity index (χ0) is 21.4. The van der Waals surface area contributed by atoms with Gasteiger partial charge >= 0.3 is 5.97 Å². The Bertz CT molecular complexity index is 1060. The Morgan fingerprint density at radius 1 is 1.19 bits per heavy atom. The first kappa shape index (κ1) is 20.2. The lowest BCUT2D eigenvalue weighted by molar-refractivity contribution is 0.0180. The van der Waals surface area contributed by atoms with Gasteiger partial charge in [-0.1, -0.05) is 12.1 Å². The van der Waals surface area contributed by atoms with Crippen LogP contribution in [0.25, 0.3) is 4.96 Å². The van der Waals surface area contributed by atoms with Crippen molar-refractivity contribution in [1.82, 2.24) is 19.2 Å². The van der Waals surface area contributed by atoms with E-state index < -0.39 is 0 Å². The summed E-state index contributed by atoms with van der Waals surface area (Å²) in [4.78, 5) is 34.8. The highest BCUT2D eigenvalue weighted by atomic mass is 32.1. The largest absolute Gasteiger partial charge is 0.465 e. The van der Waals surface area contributed by atoms with Crippen molar-refractivity contribution in [3.8, 4) is 0 Å². The molecule has 0 bridgehead atoms. The maximum Gasteiger partial charge on any atom is 0.337 e. The van der Waals surface area contributed by atoms with Crippen LogP contribution in [-0.4, -0.2) is 63.8 Å². The van der Waals surface area contributed by atoms with Gasteiger partial charge in [0.25, 0.3) is 5.91 Å². The minimum absolute atomic E-state index is 0.0671. The molecule has 0 saturated carbocycles. The molecule has 0 radical (unpaired) electrons. The summed E-state index contributed by atoms with van der Waals surface area (Å²) >= 11 is 1.55. The van der Waals surface area contributed by atoms with Gasteiger partial charge in [-0.3, -0.25) is 14.1 Å². The summed E-state index contributed by atoms with van der Waals surface area (Å²) in [5, 5.41) is 1.98. The molecular weight excluding hydrogens is 412 g/mol. The van der Waals surface area contributed by atoms with E-state index in [1.54, 1.807) is 11.3 Å². The van der Waals surface area contributed by atoms with E-state index in [0.29, 0.717) is 23.2 Å². The number of esters is 1.